The van der Waals surface area contributed by atoms with Gasteiger partial charge in [0, 0.05) is 32.7 Å². The second-order valence-electron chi connectivity index (χ2n) is 6.75. The molecule has 0 saturated heterocycles. The van der Waals surface area contributed by atoms with Crippen molar-refractivity contribution in [3.63, 3.8) is 0 Å². The molecule has 0 aliphatic carbocycles. The Labute approximate surface area is 181 Å². The Morgan fingerprint density at radius 1 is 1.15 bits per heavy atom. The van der Waals surface area contributed by atoms with Gasteiger partial charge in [-0.2, -0.15) is 0 Å². The fourth-order valence-electron chi connectivity index (χ4n) is 2.47. The fourth-order valence-corrected chi connectivity index (χ4v) is 2.47. The zero-order valence-corrected chi connectivity index (χ0v) is 19.5. The van der Waals surface area contributed by atoms with Crippen LogP contribution in [0.4, 0.5) is 0 Å². The van der Waals surface area contributed by atoms with Crippen LogP contribution >= 0.6 is 24.0 Å². The highest BCUT2D eigenvalue weighted by atomic mass is 127. The first-order valence-corrected chi connectivity index (χ1v) is 9.30. The van der Waals surface area contributed by atoms with Crippen LogP contribution in [0.3, 0.4) is 0 Å². The first kappa shape index (κ1) is 25.6. The lowest BCUT2D eigenvalue weighted by molar-refractivity contribution is -0.147. The first-order chi connectivity index (χ1) is 12.4. The third-order valence-corrected chi connectivity index (χ3v) is 4.09. The molecule has 1 aromatic rings. The fraction of sp³-hybridized carbons (Fsp3) is 0.600. The van der Waals surface area contributed by atoms with Crippen molar-refractivity contribution in [2.24, 2.45) is 4.99 Å². The second-order valence-corrected chi connectivity index (χ2v) is 6.75. The third-order valence-electron chi connectivity index (χ3n) is 4.09. The summed E-state index contributed by atoms with van der Waals surface area (Å²) in [6.07, 6.45) is 1.25. The molecule has 0 radical (unpaired) electrons. The Morgan fingerprint density at radius 3 is 2.37 bits per heavy atom. The van der Waals surface area contributed by atoms with Gasteiger partial charge in [0.2, 0.25) is 0 Å². The van der Waals surface area contributed by atoms with Crippen molar-refractivity contribution in [2.75, 3.05) is 27.2 Å². The Kier molecular flexibility index (Phi) is 13.9. The molecular weight excluding hydrogens is 455 g/mol. The predicted octanol–water partition coefficient (Wildman–Crippen LogP) is 3.02. The van der Waals surface area contributed by atoms with Gasteiger partial charge in [0.15, 0.2) is 5.96 Å². The maximum Gasteiger partial charge on any atom is 0.307 e. The highest BCUT2D eigenvalue weighted by Gasteiger charge is 2.10. The van der Waals surface area contributed by atoms with Crippen molar-refractivity contribution >= 4 is 35.9 Å². The molecule has 7 heteroatoms. The highest BCUT2D eigenvalue weighted by Crippen LogP contribution is 2.07. The maximum atomic E-state index is 11.5. The van der Waals surface area contributed by atoms with E-state index in [0.717, 1.165) is 19.5 Å². The third kappa shape index (κ3) is 11.9. The van der Waals surface area contributed by atoms with Gasteiger partial charge in [-0.25, -0.2) is 0 Å². The van der Waals surface area contributed by atoms with Gasteiger partial charge in [-0.1, -0.05) is 30.3 Å². The summed E-state index contributed by atoms with van der Waals surface area (Å²) in [7, 11) is 3.87. The van der Waals surface area contributed by atoms with Crippen LogP contribution in [-0.2, 0) is 16.1 Å². The van der Waals surface area contributed by atoms with Crippen molar-refractivity contribution in [1.82, 2.24) is 15.5 Å². The molecule has 1 aromatic carbocycles. The summed E-state index contributed by atoms with van der Waals surface area (Å²) >= 11 is 0. The summed E-state index contributed by atoms with van der Waals surface area (Å²) in [5, 5.41) is 6.43. The molecule has 2 N–H and O–H groups in total. The molecule has 0 amide bonds. The Balaban J connectivity index is 0.00000676. The minimum Gasteiger partial charge on any atom is -0.463 e. The van der Waals surface area contributed by atoms with E-state index in [1.807, 2.05) is 19.9 Å². The number of hydrogen-bond acceptors (Lipinski definition) is 4. The van der Waals surface area contributed by atoms with Gasteiger partial charge in [0.1, 0.15) is 0 Å². The Hall–Kier alpha value is -1.35. The number of guanidine groups is 1. The molecule has 6 nitrogen and oxygen atoms in total. The van der Waals surface area contributed by atoms with E-state index in [4.69, 9.17) is 4.74 Å². The van der Waals surface area contributed by atoms with E-state index in [0.29, 0.717) is 25.0 Å². The molecule has 1 unspecified atom stereocenters. The van der Waals surface area contributed by atoms with E-state index in [9.17, 15) is 4.79 Å². The largest absolute Gasteiger partial charge is 0.463 e. The molecule has 0 bridgehead atoms. The summed E-state index contributed by atoms with van der Waals surface area (Å²) in [6.45, 7) is 8.18. The van der Waals surface area contributed by atoms with E-state index in [-0.39, 0.29) is 36.0 Å². The van der Waals surface area contributed by atoms with Crippen molar-refractivity contribution in [3.05, 3.63) is 35.9 Å². The van der Waals surface area contributed by atoms with Gasteiger partial charge in [-0.3, -0.25) is 14.7 Å². The van der Waals surface area contributed by atoms with Gasteiger partial charge in [0.25, 0.3) is 0 Å². The molecule has 0 aromatic heterocycles. The number of carbonyl (C=O) groups is 1. The second kappa shape index (κ2) is 14.7. The minimum absolute atomic E-state index is 0. The standard InChI is InChI=1S/C20H34N4O2.HI/c1-16(2)26-19(25)12-14-23-20(21-4)22-13-11-17(3)24(5)15-18-9-7-6-8-10-18;/h6-10,16-17H,11-15H2,1-5H3,(H2,21,22,23);1H. The lowest BCUT2D eigenvalue weighted by Gasteiger charge is -2.25. The van der Waals surface area contributed by atoms with E-state index in [1.54, 1.807) is 7.05 Å². The van der Waals surface area contributed by atoms with E-state index >= 15 is 0 Å². The van der Waals surface area contributed by atoms with Crippen LogP contribution in [0.5, 0.6) is 0 Å². The molecule has 27 heavy (non-hydrogen) atoms. The number of hydrogen-bond donors (Lipinski definition) is 2. The highest BCUT2D eigenvalue weighted by molar-refractivity contribution is 14.0. The summed E-state index contributed by atoms with van der Waals surface area (Å²) in [5.41, 5.74) is 1.32. The molecule has 0 aliphatic rings. The first-order valence-electron chi connectivity index (χ1n) is 9.30. The van der Waals surface area contributed by atoms with Gasteiger partial charge in [0.05, 0.1) is 12.5 Å². The Morgan fingerprint density at radius 2 is 1.78 bits per heavy atom. The van der Waals surface area contributed by atoms with Crippen LogP contribution < -0.4 is 10.6 Å². The van der Waals surface area contributed by atoms with Crippen LogP contribution in [0, 0.1) is 0 Å². The van der Waals surface area contributed by atoms with Crippen molar-refractivity contribution in [2.45, 2.75) is 52.3 Å². The molecule has 0 fully saturated rings. The monoisotopic (exact) mass is 490 g/mol. The van der Waals surface area contributed by atoms with Crippen LogP contribution in [0.25, 0.3) is 0 Å². The molecule has 1 atom stereocenters. The summed E-state index contributed by atoms with van der Waals surface area (Å²) in [5.74, 6) is 0.513. The van der Waals surface area contributed by atoms with Gasteiger partial charge < -0.3 is 15.4 Å². The zero-order chi connectivity index (χ0) is 19.4. The topological polar surface area (TPSA) is 66.0 Å². The number of nitrogens with one attached hydrogen (secondary N) is 2. The molecule has 0 aliphatic heterocycles. The van der Waals surface area contributed by atoms with Gasteiger partial charge in [-0.05, 0) is 39.8 Å². The smallest absolute Gasteiger partial charge is 0.307 e. The molecule has 0 heterocycles. The van der Waals surface area contributed by atoms with Crippen molar-refractivity contribution in [1.29, 1.82) is 0 Å². The van der Waals surface area contributed by atoms with E-state index in [2.05, 4.69) is 58.8 Å². The number of rotatable bonds is 10. The lowest BCUT2D eigenvalue weighted by atomic mass is 10.1. The van der Waals surface area contributed by atoms with Gasteiger partial charge >= 0.3 is 5.97 Å². The molecular formula is C20H35IN4O2. The number of ether oxygens (including phenoxy) is 1. The summed E-state index contributed by atoms with van der Waals surface area (Å²) < 4.78 is 5.11. The number of esters is 1. The van der Waals surface area contributed by atoms with E-state index in [1.165, 1.54) is 5.56 Å². The Bertz CT molecular complexity index is 552. The van der Waals surface area contributed by atoms with Crippen LogP contribution in [0.1, 0.15) is 39.2 Å². The lowest BCUT2D eigenvalue weighted by Crippen LogP contribution is -2.40. The maximum absolute atomic E-state index is 11.5. The minimum atomic E-state index is -0.195. The molecule has 1 rings (SSSR count). The zero-order valence-electron chi connectivity index (χ0n) is 17.2. The summed E-state index contributed by atoms with van der Waals surface area (Å²) in [4.78, 5) is 18.0. The average Bonchev–Trinajstić information content (AvgIpc) is 2.60. The summed E-state index contributed by atoms with van der Waals surface area (Å²) in [6, 6.07) is 10.9. The van der Waals surface area contributed by atoms with Crippen LogP contribution in [0.2, 0.25) is 0 Å². The number of benzene rings is 1. The van der Waals surface area contributed by atoms with Crippen LogP contribution in [-0.4, -0.2) is 56.2 Å². The van der Waals surface area contributed by atoms with Crippen LogP contribution in [0.15, 0.2) is 35.3 Å². The predicted molar refractivity (Wildman–Crippen MR) is 123 cm³/mol. The normalized spacial score (nSPS) is 12.5. The number of carbonyl (C=O) groups excluding carboxylic acids is 1. The van der Waals surface area contributed by atoms with Crippen molar-refractivity contribution in [3.8, 4) is 0 Å². The van der Waals surface area contributed by atoms with Gasteiger partial charge in [-0.15, -0.1) is 24.0 Å². The number of halogens is 1. The quantitative estimate of drug-likeness (QED) is 0.229. The SMILES string of the molecule is CN=C(NCCC(=O)OC(C)C)NCCC(C)N(C)Cc1ccccc1.I. The molecule has 154 valence electrons. The number of nitrogens with zero attached hydrogens (tertiary/aromatic N) is 2. The number of aliphatic imine (C=N–C) groups is 1. The molecule has 0 saturated carbocycles. The van der Waals surface area contributed by atoms with E-state index < -0.39 is 0 Å². The average molecular weight is 490 g/mol. The molecule has 0 spiro atoms. The van der Waals surface area contributed by atoms with Crippen molar-refractivity contribution < 1.29 is 9.53 Å².